The Morgan fingerprint density at radius 1 is 1.40 bits per heavy atom. The van der Waals surface area contributed by atoms with Gasteiger partial charge in [0, 0.05) is 19.1 Å². The molecular formula is C15H26N4O. The Hall–Kier alpha value is -1.59. The summed E-state index contributed by atoms with van der Waals surface area (Å²) < 4.78 is 0. The van der Waals surface area contributed by atoms with Crippen molar-refractivity contribution in [3.63, 3.8) is 0 Å². The number of nitrogens with two attached hydrogens (primary N) is 1. The number of amides is 1. The van der Waals surface area contributed by atoms with Gasteiger partial charge in [-0.3, -0.25) is 10.6 Å². The van der Waals surface area contributed by atoms with E-state index in [0.717, 1.165) is 12.1 Å². The number of aryl methyl sites for hydroxylation is 1. The summed E-state index contributed by atoms with van der Waals surface area (Å²) in [7, 11) is 4.02. The first-order chi connectivity index (χ1) is 9.40. The zero-order chi connectivity index (χ0) is 15.3. The smallest absolute Gasteiger partial charge is 0.256 e. The van der Waals surface area contributed by atoms with E-state index in [1.807, 2.05) is 51.0 Å². The van der Waals surface area contributed by atoms with Crippen molar-refractivity contribution in [3.8, 4) is 0 Å². The second kappa shape index (κ2) is 7.26. The van der Waals surface area contributed by atoms with Crippen LogP contribution in [0.2, 0.25) is 0 Å². The number of rotatable bonds is 6. The molecule has 1 amide bonds. The van der Waals surface area contributed by atoms with E-state index in [9.17, 15) is 4.79 Å². The predicted octanol–water partition coefficient (Wildman–Crippen LogP) is 1.69. The summed E-state index contributed by atoms with van der Waals surface area (Å²) in [6, 6.07) is 5.80. The molecule has 1 aromatic rings. The minimum absolute atomic E-state index is 0.0125. The van der Waals surface area contributed by atoms with Crippen LogP contribution in [0.15, 0.2) is 18.2 Å². The zero-order valence-corrected chi connectivity index (χ0v) is 13.1. The molecule has 5 heteroatoms. The Morgan fingerprint density at radius 3 is 2.55 bits per heavy atom. The number of likely N-dealkylation sites (N-methyl/N-ethyl adjacent to an activating group) is 2. The van der Waals surface area contributed by atoms with Crippen LogP contribution in [0.25, 0.3) is 0 Å². The standard InChI is InChI=1S/C15H26N4O/c1-6-19(12(3)10-18(4)5)15(20)13-9-11(2)7-8-14(13)17-16/h7-9,12,17H,6,10,16H2,1-5H3. The molecular weight excluding hydrogens is 252 g/mol. The second-order valence-corrected chi connectivity index (χ2v) is 5.40. The van der Waals surface area contributed by atoms with E-state index in [1.54, 1.807) is 0 Å². The molecule has 0 aliphatic rings. The van der Waals surface area contributed by atoms with Gasteiger partial charge in [0.2, 0.25) is 0 Å². The quantitative estimate of drug-likeness (QED) is 0.614. The number of hydrogen-bond acceptors (Lipinski definition) is 4. The van der Waals surface area contributed by atoms with Crippen molar-refractivity contribution >= 4 is 11.6 Å². The maximum absolute atomic E-state index is 12.7. The van der Waals surface area contributed by atoms with E-state index >= 15 is 0 Å². The zero-order valence-electron chi connectivity index (χ0n) is 13.1. The summed E-state index contributed by atoms with van der Waals surface area (Å²) in [6.45, 7) is 7.53. The molecule has 1 rings (SSSR count). The van der Waals surface area contributed by atoms with Crippen LogP contribution in [-0.4, -0.2) is 48.9 Å². The molecule has 0 saturated heterocycles. The van der Waals surface area contributed by atoms with Gasteiger partial charge in [-0.05, 0) is 47.0 Å². The highest BCUT2D eigenvalue weighted by Gasteiger charge is 2.22. The molecule has 1 atom stereocenters. The number of benzene rings is 1. The molecule has 0 aliphatic heterocycles. The molecule has 0 heterocycles. The molecule has 0 aromatic heterocycles. The van der Waals surface area contributed by atoms with Crippen LogP contribution in [-0.2, 0) is 0 Å². The van der Waals surface area contributed by atoms with Gasteiger partial charge < -0.3 is 15.2 Å². The number of hydrogen-bond donors (Lipinski definition) is 2. The van der Waals surface area contributed by atoms with Gasteiger partial charge in [-0.25, -0.2) is 0 Å². The molecule has 0 bridgehead atoms. The average Bonchev–Trinajstić information content (AvgIpc) is 2.38. The monoisotopic (exact) mass is 278 g/mol. The third-order valence-corrected chi connectivity index (χ3v) is 3.32. The van der Waals surface area contributed by atoms with E-state index in [4.69, 9.17) is 5.84 Å². The third-order valence-electron chi connectivity index (χ3n) is 3.32. The van der Waals surface area contributed by atoms with E-state index in [2.05, 4.69) is 17.2 Å². The van der Waals surface area contributed by atoms with Crippen LogP contribution in [0.5, 0.6) is 0 Å². The lowest BCUT2D eigenvalue weighted by Crippen LogP contribution is -2.44. The molecule has 20 heavy (non-hydrogen) atoms. The van der Waals surface area contributed by atoms with Crippen molar-refractivity contribution in [2.75, 3.05) is 32.6 Å². The highest BCUT2D eigenvalue weighted by Crippen LogP contribution is 2.19. The molecule has 0 aliphatic carbocycles. The fourth-order valence-corrected chi connectivity index (χ4v) is 2.40. The van der Waals surface area contributed by atoms with Gasteiger partial charge in [-0.1, -0.05) is 11.6 Å². The van der Waals surface area contributed by atoms with Gasteiger partial charge in [0.05, 0.1) is 11.3 Å². The van der Waals surface area contributed by atoms with Gasteiger partial charge in [-0.15, -0.1) is 0 Å². The Bertz CT molecular complexity index is 459. The van der Waals surface area contributed by atoms with Gasteiger partial charge in [0.25, 0.3) is 5.91 Å². The largest absolute Gasteiger partial charge is 0.335 e. The summed E-state index contributed by atoms with van der Waals surface area (Å²) in [5, 5.41) is 0. The first-order valence-corrected chi connectivity index (χ1v) is 6.93. The lowest BCUT2D eigenvalue weighted by atomic mass is 10.1. The van der Waals surface area contributed by atoms with Gasteiger partial charge in [-0.2, -0.15) is 0 Å². The summed E-state index contributed by atoms with van der Waals surface area (Å²) >= 11 is 0. The Morgan fingerprint density at radius 2 is 2.05 bits per heavy atom. The fourth-order valence-electron chi connectivity index (χ4n) is 2.40. The van der Waals surface area contributed by atoms with Gasteiger partial charge in [0.1, 0.15) is 0 Å². The van der Waals surface area contributed by atoms with Crippen LogP contribution in [0.4, 0.5) is 5.69 Å². The summed E-state index contributed by atoms with van der Waals surface area (Å²) in [5.74, 6) is 5.52. The highest BCUT2D eigenvalue weighted by atomic mass is 16.2. The average molecular weight is 278 g/mol. The number of carbonyl (C=O) groups excluding carboxylic acids is 1. The maximum Gasteiger partial charge on any atom is 0.256 e. The predicted molar refractivity (Wildman–Crippen MR) is 83.7 cm³/mol. The van der Waals surface area contributed by atoms with E-state index in [0.29, 0.717) is 17.8 Å². The number of nitrogens with one attached hydrogen (secondary N) is 1. The van der Waals surface area contributed by atoms with Crippen LogP contribution in [0, 0.1) is 6.92 Å². The van der Waals surface area contributed by atoms with Crippen LogP contribution < -0.4 is 11.3 Å². The van der Waals surface area contributed by atoms with Crippen molar-refractivity contribution in [3.05, 3.63) is 29.3 Å². The molecule has 0 fully saturated rings. The van der Waals surface area contributed by atoms with Crippen LogP contribution in [0.1, 0.15) is 29.8 Å². The van der Waals surface area contributed by atoms with Crippen molar-refractivity contribution in [2.45, 2.75) is 26.8 Å². The number of nitrogens with zero attached hydrogens (tertiary/aromatic N) is 2. The third kappa shape index (κ3) is 3.95. The minimum atomic E-state index is 0.0125. The topological polar surface area (TPSA) is 61.6 Å². The normalized spacial score (nSPS) is 12.3. The molecule has 0 spiro atoms. The Labute approximate surface area is 121 Å². The molecule has 3 N–H and O–H groups in total. The van der Waals surface area contributed by atoms with E-state index < -0.39 is 0 Å². The second-order valence-electron chi connectivity index (χ2n) is 5.40. The van der Waals surface area contributed by atoms with E-state index in [-0.39, 0.29) is 11.9 Å². The Kier molecular flexibility index (Phi) is 5.98. The molecule has 5 nitrogen and oxygen atoms in total. The van der Waals surface area contributed by atoms with Gasteiger partial charge in [0.15, 0.2) is 0 Å². The molecule has 112 valence electrons. The number of hydrazine groups is 1. The summed E-state index contributed by atoms with van der Waals surface area (Å²) in [5.41, 5.74) is 4.94. The van der Waals surface area contributed by atoms with Crippen LogP contribution in [0.3, 0.4) is 0 Å². The minimum Gasteiger partial charge on any atom is -0.335 e. The number of nitrogen functional groups attached to an aromatic ring is 1. The lowest BCUT2D eigenvalue weighted by Gasteiger charge is -2.30. The lowest BCUT2D eigenvalue weighted by molar-refractivity contribution is 0.0680. The number of anilines is 1. The first kappa shape index (κ1) is 16.5. The Balaban J connectivity index is 3.04. The highest BCUT2D eigenvalue weighted by molar-refractivity contribution is 6.00. The molecule has 1 aromatic carbocycles. The summed E-state index contributed by atoms with van der Waals surface area (Å²) in [6.07, 6.45) is 0. The van der Waals surface area contributed by atoms with Crippen LogP contribution >= 0.6 is 0 Å². The molecule has 0 saturated carbocycles. The summed E-state index contributed by atoms with van der Waals surface area (Å²) in [4.78, 5) is 16.7. The van der Waals surface area contributed by atoms with E-state index in [1.165, 1.54) is 0 Å². The fraction of sp³-hybridized carbons (Fsp3) is 0.533. The SMILES string of the molecule is CCN(C(=O)c1cc(C)ccc1NN)C(C)CN(C)C. The van der Waals surface area contributed by atoms with Crippen molar-refractivity contribution in [2.24, 2.45) is 5.84 Å². The van der Waals surface area contributed by atoms with Crippen molar-refractivity contribution < 1.29 is 4.79 Å². The van der Waals surface area contributed by atoms with Crippen molar-refractivity contribution in [1.82, 2.24) is 9.80 Å². The maximum atomic E-state index is 12.7. The molecule has 0 radical (unpaired) electrons. The number of carbonyl (C=O) groups is 1. The molecule has 1 unspecified atom stereocenters. The first-order valence-electron chi connectivity index (χ1n) is 6.93. The van der Waals surface area contributed by atoms with Crippen molar-refractivity contribution in [1.29, 1.82) is 0 Å². The van der Waals surface area contributed by atoms with Gasteiger partial charge >= 0.3 is 0 Å².